The van der Waals surface area contributed by atoms with Crippen LogP contribution in [0.2, 0.25) is 0 Å². The van der Waals surface area contributed by atoms with E-state index >= 15 is 0 Å². The maximum Gasteiger partial charge on any atom is 0.00731 e. The first-order chi connectivity index (χ1) is 9.38. The summed E-state index contributed by atoms with van der Waals surface area (Å²) in [5, 5.41) is 5.97. The zero-order valence-electron chi connectivity index (χ0n) is 12.1. The molecule has 1 fully saturated rings. The number of hydrogen-bond donors (Lipinski definition) is 1. The molecule has 1 atom stereocenters. The summed E-state index contributed by atoms with van der Waals surface area (Å²) in [6.45, 7) is 3.44. The molecule has 1 saturated heterocycles. The Labute approximate surface area is 126 Å². The molecule has 1 N–H and O–H groups in total. The van der Waals surface area contributed by atoms with Gasteiger partial charge in [-0.2, -0.15) is 11.8 Å². The van der Waals surface area contributed by atoms with Gasteiger partial charge in [0.25, 0.3) is 0 Å². The maximum absolute atomic E-state index is 3.78. The normalized spacial score (nSPS) is 18.6. The number of hydrogen-bond acceptors (Lipinski definition) is 3. The van der Waals surface area contributed by atoms with E-state index < -0.39 is 0 Å². The van der Waals surface area contributed by atoms with E-state index in [1.807, 2.05) is 11.3 Å². The van der Waals surface area contributed by atoms with Crippen molar-refractivity contribution in [3.63, 3.8) is 0 Å². The van der Waals surface area contributed by atoms with Crippen LogP contribution < -0.4 is 5.32 Å². The van der Waals surface area contributed by atoms with Gasteiger partial charge in [-0.25, -0.2) is 0 Å². The zero-order valence-corrected chi connectivity index (χ0v) is 13.7. The van der Waals surface area contributed by atoms with Crippen LogP contribution in [-0.2, 0) is 6.42 Å². The van der Waals surface area contributed by atoms with Gasteiger partial charge in [0.05, 0.1) is 0 Å². The number of thiophene rings is 1. The number of aryl methyl sites for hydroxylation is 1. The molecule has 0 saturated carbocycles. The van der Waals surface area contributed by atoms with Gasteiger partial charge in [0.1, 0.15) is 0 Å². The lowest BCUT2D eigenvalue weighted by atomic mass is 9.92. The predicted octanol–water partition coefficient (Wildman–Crippen LogP) is 4.58. The summed E-state index contributed by atoms with van der Waals surface area (Å²) in [5.74, 6) is 3.74. The molecule has 1 nitrogen and oxygen atoms in total. The van der Waals surface area contributed by atoms with Crippen LogP contribution in [0.15, 0.2) is 17.5 Å². The molecule has 1 aromatic rings. The van der Waals surface area contributed by atoms with Gasteiger partial charge in [-0.3, -0.25) is 0 Å². The van der Waals surface area contributed by atoms with Gasteiger partial charge in [0, 0.05) is 10.9 Å². The van der Waals surface area contributed by atoms with Gasteiger partial charge in [-0.1, -0.05) is 13.0 Å². The van der Waals surface area contributed by atoms with Crippen molar-refractivity contribution >= 4 is 23.1 Å². The molecule has 108 valence electrons. The second kappa shape index (κ2) is 9.04. The number of thioether (sulfide) groups is 1. The van der Waals surface area contributed by atoms with Gasteiger partial charge < -0.3 is 5.32 Å². The molecule has 0 radical (unpaired) electrons. The Morgan fingerprint density at radius 3 is 2.89 bits per heavy atom. The molecule has 1 aliphatic rings. The van der Waals surface area contributed by atoms with Crippen molar-refractivity contribution in [3.05, 3.63) is 22.4 Å². The van der Waals surface area contributed by atoms with Crippen LogP contribution in [0, 0.1) is 5.92 Å². The fraction of sp³-hybridized carbons (Fsp3) is 0.750. The zero-order chi connectivity index (χ0) is 13.3. The standard InChI is InChI=1S/C16H27NS2/c1-2-9-17-15(5-6-16-4-3-10-19-16)13-14-7-11-18-12-8-14/h3-4,10,14-15,17H,2,5-9,11-13H2,1H3. The van der Waals surface area contributed by atoms with Crippen LogP contribution >= 0.6 is 23.1 Å². The average Bonchev–Trinajstić information content (AvgIpc) is 2.96. The topological polar surface area (TPSA) is 12.0 Å². The summed E-state index contributed by atoms with van der Waals surface area (Å²) in [6.07, 6.45) is 8.08. The summed E-state index contributed by atoms with van der Waals surface area (Å²) >= 11 is 4.04. The van der Waals surface area contributed by atoms with Crippen molar-refractivity contribution in [2.45, 2.75) is 51.5 Å². The smallest absolute Gasteiger partial charge is 0.00731 e. The molecule has 1 aromatic heterocycles. The highest BCUT2D eigenvalue weighted by atomic mass is 32.2. The molecule has 0 aliphatic carbocycles. The van der Waals surface area contributed by atoms with E-state index in [-0.39, 0.29) is 0 Å². The fourth-order valence-electron chi connectivity index (χ4n) is 2.81. The van der Waals surface area contributed by atoms with Crippen molar-refractivity contribution in [2.24, 2.45) is 5.92 Å². The highest BCUT2D eigenvalue weighted by molar-refractivity contribution is 7.99. The highest BCUT2D eigenvalue weighted by Crippen LogP contribution is 2.27. The van der Waals surface area contributed by atoms with Gasteiger partial charge in [-0.05, 0) is 73.9 Å². The van der Waals surface area contributed by atoms with Crippen molar-refractivity contribution in [3.8, 4) is 0 Å². The Hall–Kier alpha value is 0.01000. The third-order valence-corrected chi connectivity index (χ3v) is 5.95. The van der Waals surface area contributed by atoms with Gasteiger partial charge in [0.2, 0.25) is 0 Å². The van der Waals surface area contributed by atoms with E-state index in [9.17, 15) is 0 Å². The Bertz CT molecular complexity index is 317. The monoisotopic (exact) mass is 297 g/mol. The molecule has 1 aliphatic heterocycles. The van der Waals surface area contributed by atoms with Crippen LogP contribution in [0.25, 0.3) is 0 Å². The van der Waals surface area contributed by atoms with Crippen molar-refractivity contribution in [1.82, 2.24) is 5.32 Å². The predicted molar refractivity (Wildman–Crippen MR) is 89.4 cm³/mol. The summed E-state index contributed by atoms with van der Waals surface area (Å²) in [5.41, 5.74) is 0. The second-order valence-corrected chi connectivity index (χ2v) is 7.82. The van der Waals surface area contributed by atoms with Crippen LogP contribution in [-0.4, -0.2) is 24.1 Å². The van der Waals surface area contributed by atoms with Crippen LogP contribution in [0.5, 0.6) is 0 Å². The molecule has 2 heterocycles. The van der Waals surface area contributed by atoms with Crippen LogP contribution in [0.4, 0.5) is 0 Å². The van der Waals surface area contributed by atoms with Crippen LogP contribution in [0.3, 0.4) is 0 Å². The Morgan fingerprint density at radius 2 is 2.21 bits per heavy atom. The molecular weight excluding hydrogens is 270 g/mol. The highest BCUT2D eigenvalue weighted by Gasteiger charge is 2.18. The molecular formula is C16H27NS2. The van der Waals surface area contributed by atoms with E-state index in [0.717, 1.165) is 12.0 Å². The SMILES string of the molecule is CCCNC(CCc1cccs1)CC1CCSCC1. The Kier molecular flexibility index (Phi) is 7.33. The number of rotatable bonds is 8. The van der Waals surface area contributed by atoms with Crippen molar-refractivity contribution < 1.29 is 0 Å². The molecule has 2 rings (SSSR count). The van der Waals surface area contributed by atoms with E-state index in [1.165, 1.54) is 56.6 Å². The quantitative estimate of drug-likeness (QED) is 0.753. The largest absolute Gasteiger partial charge is 0.314 e. The van der Waals surface area contributed by atoms with Gasteiger partial charge >= 0.3 is 0 Å². The summed E-state index contributed by atoms with van der Waals surface area (Å²) in [6, 6.07) is 5.18. The minimum absolute atomic E-state index is 0.732. The van der Waals surface area contributed by atoms with E-state index in [2.05, 4.69) is 41.5 Å². The van der Waals surface area contributed by atoms with E-state index in [0.29, 0.717) is 0 Å². The minimum atomic E-state index is 0.732. The molecule has 19 heavy (non-hydrogen) atoms. The Balaban J connectivity index is 1.76. The maximum atomic E-state index is 3.78. The van der Waals surface area contributed by atoms with E-state index in [4.69, 9.17) is 0 Å². The molecule has 0 bridgehead atoms. The minimum Gasteiger partial charge on any atom is -0.314 e. The van der Waals surface area contributed by atoms with Crippen molar-refractivity contribution in [1.29, 1.82) is 0 Å². The average molecular weight is 298 g/mol. The lowest BCUT2D eigenvalue weighted by molar-refractivity contribution is 0.351. The van der Waals surface area contributed by atoms with Gasteiger partial charge in [-0.15, -0.1) is 11.3 Å². The first kappa shape index (κ1) is 15.4. The lowest BCUT2D eigenvalue weighted by Gasteiger charge is -2.27. The fourth-order valence-corrected chi connectivity index (χ4v) is 4.74. The lowest BCUT2D eigenvalue weighted by Crippen LogP contribution is -2.33. The first-order valence-electron chi connectivity index (χ1n) is 7.72. The van der Waals surface area contributed by atoms with Gasteiger partial charge in [0.15, 0.2) is 0 Å². The Morgan fingerprint density at radius 1 is 1.37 bits per heavy atom. The summed E-state index contributed by atoms with van der Waals surface area (Å²) < 4.78 is 0. The molecule has 0 aromatic carbocycles. The van der Waals surface area contributed by atoms with Crippen molar-refractivity contribution in [2.75, 3.05) is 18.1 Å². The number of nitrogens with one attached hydrogen (secondary N) is 1. The molecule has 0 spiro atoms. The second-order valence-electron chi connectivity index (χ2n) is 5.56. The summed E-state index contributed by atoms with van der Waals surface area (Å²) in [4.78, 5) is 1.54. The first-order valence-corrected chi connectivity index (χ1v) is 9.75. The molecule has 0 amide bonds. The third-order valence-electron chi connectivity index (χ3n) is 3.96. The third kappa shape index (κ3) is 5.88. The van der Waals surface area contributed by atoms with Crippen LogP contribution in [0.1, 0.15) is 43.9 Å². The molecule has 1 unspecified atom stereocenters. The van der Waals surface area contributed by atoms with E-state index in [1.54, 1.807) is 4.88 Å². The summed E-state index contributed by atoms with van der Waals surface area (Å²) in [7, 11) is 0. The molecule has 3 heteroatoms.